The number of carbonyl (C=O) groups is 3. The highest BCUT2D eigenvalue weighted by Crippen LogP contribution is 2.46. The average Bonchev–Trinajstić information content (AvgIpc) is 3.17. The second-order valence-corrected chi connectivity index (χ2v) is 16.0. The van der Waals surface area contributed by atoms with Crippen LogP contribution < -0.4 is 9.47 Å². The van der Waals surface area contributed by atoms with Gasteiger partial charge in [-0.15, -0.1) is 0 Å². The molecule has 2 N–H and O–H groups in total. The van der Waals surface area contributed by atoms with E-state index in [0.717, 1.165) is 42.9 Å². The predicted molar refractivity (Wildman–Crippen MR) is 202 cm³/mol. The number of ether oxygens (including phenoxy) is 2. The zero-order chi connectivity index (χ0) is 42.8. The van der Waals surface area contributed by atoms with Gasteiger partial charge in [0.2, 0.25) is 5.60 Å². The van der Waals surface area contributed by atoms with Gasteiger partial charge < -0.3 is 29.5 Å². The Labute approximate surface area is 338 Å². The van der Waals surface area contributed by atoms with Crippen LogP contribution in [0, 0.1) is 5.41 Å². The molecular formula is C43H49F6N3O7. The number of carboxylic acid groups (broad SMARTS) is 1. The Bertz CT molecular complexity index is 1980. The molecule has 3 fully saturated rings. The lowest BCUT2D eigenvalue weighted by Crippen LogP contribution is -2.68. The lowest BCUT2D eigenvalue weighted by molar-refractivity contribution is -0.163. The van der Waals surface area contributed by atoms with Crippen molar-refractivity contribution < 1.29 is 60.4 Å². The van der Waals surface area contributed by atoms with Crippen molar-refractivity contribution in [2.45, 2.75) is 120 Å². The molecule has 320 valence electrons. The second kappa shape index (κ2) is 17.0. The van der Waals surface area contributed by atoms with Crippen molar-refractivity contribution in [3.05, 3.63) is 89.2 Å². The number of halogens is 6. The van der Waals surface area contributed by atoms with E-state index < -0.39 is 69.6 Å². The number of likely N-dealkylation sites (tertiary alicyclic amines) is 2. The molecular weight excluding hydrogens is 784 g/mol. The SMILES string of the molecule is CCC[C@H]1N(C(=O)c2cccnc2C(F)(F)F)CCC[C@@]1(Oc1ccc(C(F)(F)F)cc1)C(=O)N1CCC(O)(c2ccccc2OC(C)CCC2(C(=O)O)CCC2)CC1. The summed E-state index contributed by atoms with van der Waals surface area (Å²) in [5, 5.41) is 21.9. The van der Waals surface area contributed by atoms with Gasteiger partial charge >= 0.3 is 18.3 Å². The maximum atomic E-state index is 15.1. The Kier molecular flexibility index (Phi) is 12.6. The van der Waals surface area contributed by atoms with Crippen molar-refractivity contribution in [1.29, 1.82) is 0 Å². The third kappa shape index (κ3) is 9.02. The molecule has 3 aliphatic rings. The molecule has 2 saturated heterocycles. The van der Waals surface area contributed by atoms with Gasteiger partial charge in [-0.3, -0.25) is 19.4 Å². The van der Waals surface area contributed by atoms with Crippen molar-refractivity contribution in [3.63, 3.8) is 0 Å². The molecule has 1 saturated carbocycles. The largest absolute Gasteiger partial charge is 0.490 e. The number of benzene rings is 2. The lowest BCUT2D eigenvalue weighted by Gasteiger charge is -2.51. The van der Waals surface area contributed by atoms with Gasteiger partial charge in [-0.2, -0.15) is 26.3 Å². The molecule has 1 aromatic heterocycles. The number of pyridine rings is 1. The van der Waals surface area contributed by atoms with Crippen molar-refractivity contribution in [1.82, 2.24) is 14.8 Å². The number of alkyl halides is 6. The van der Waals surface area contributed by atoms with Crippen LogP contribution in [0.5, 0.6) is 11.5 Å². The molecule has 59 heavy (non-hydrogen) atoms. The number of aromatic nitrogens is 1. The number of piperidine rings is 2. The molecule has 3 aromatic rings. The highest BCUT2D eigenvalue weighted by Gasteiger charge is 2.56. The molecule has 3 atom stereocenters. The minimum Gasteiger partial charge on any atom is -0.490 e. The van der Waals surface area contributed by atoms with E-state index in [1.54, 1.807) is 31.2 Å². The number of hydrogen-bond acceptors (Lipinski definition) is 7. The Morgan fingerprint density at radius 2 is 1.56 bits per heavy atom. The summed E-state index contributed by atoms with van der Waals surface area (Å²) in [6, 6.07) is 11.8. The van der Waals surface area contributed by atoms with E-state index in [2.05, 4.69) is 4.98 Å². The average molecular weight is 834 g/mol. The zero-order valence-electron chi connectivity index (χ0n) is 33.0. The van der Waals surface area contributed by atoms with Crippen LogP contribution in [0.25, 0.3) is 0 Å². The summed E-state index contributed by atoms with van der Waals surface area (Å²) >= 11 is 0. The van der Waals surface area contributed by atoms with Crippen LogP contribution in [0.3, 0.4) is 0 Å². The zero-order valence-corrected chi connectivity index (χ0v) is 33.0. The molecule has 0 bridgehead atoms. The standard InChI is InChI=1S/C43H49F6N3O7/c1-3-9-34-41(59-30-15-13-29(14-16-30)42(44,45)46,20-8-25-52(34)36(53)31-10-6-24-50-35(31)43(47,48)49)37(54)51-26-22-40(57,23-27-51)32-11-4-5-12-33(32)58-28(2)17-21-39(38(55)56)18-7-19-39/h4-6,10-16,24,28,34,57H,3,7-9,17-23,25-27H2,1-2H3,(H,55,56)/t28?,34-,41+/m1/s1. The van der Waals surface area contributed by atoms with Crippen LogP contribution in [0.2, 0.25) is 0 Å². The molecule has 10 nitrogen and oxygen atoms in total. The Balaban J connectivity index is 1.28. The van der Waals surface area contributed by atoms with E-state index in [0.29, 0.717) is 43.4 Å². The van der Waals surface area contributed by atoms with Crippen molar-refractivity contribution in [2.24, 2.45) is 5.41 Å². The molecule has 16 heteroatoms. The molecule has 0 spiro atoms. The molecule has 2 amide bonds. The summed E-state index contributed by atoms with van der Waals surface area (Å²) in [7, 11) is 0. The molecule has 1 aliphatic carbocycles. The minimum absolute atomic E-state index is 0.00103. The third-order valence-electron chi connectivity index (χ3n) is 12.2. The molecule has 1 unspecified atom stereocenters. The molecule has 2 aromatic carbocycles. The van der Waals surface area contributed by atoms with Gasteiger partial charge in [0.1, 0.15) is 11.5 Å². The predicted octanol–water partition coefficient (Wildman–Crippen LogP) is 8.65. The first kappa shape index (κ1) is 43.7. The number of rotatable bonds is 13. The number of hydrogen-bond donors (Lipinski definition) is 2. The van der Waals surface area contributed by atoms with Crippen LogP contribution in [0.15, 0.2) is 66.9 Å². The highest BCUT2D eigenvalue weighted by atomic mass is 19.4. The van der Waals surface area contributed by atoms with Gasteiger partial charge in [0.25, 0.3) is 11.8 Å². The van der Waals surface area contributed by atoms with Gasteiger partial charge in [-0.05, 0) is 101 Å². The Morgan fingerprint density at radius 3 is 2.15 bits per heavy atom. The highest BCUT2D eigenvalue weighted by molar-refractivity contribution is 5.97. The topological polar surface area (TPSA) is 130 Å². The fourth-order valence-corrected chi connectivity index (χ4v) is 8.78. The Morgan fingerprint density at radius 1 is 0.881 bits per heavy atom. The van der Waals surface area contributed by atoms with Crippen molar-refractivity contribution in [3.8, 4) is 11.5 Å². The van der Waals surface area contributed by atoms with Crippen LogP contribution in [0.1, 0.15) is 112 Å². The maximum Gasteiger partial charge on any atom is 0.434 e. The van der Waals surface area contributed by atoms with E-state index in [-0.39, 0.29) is 63.6 Å². The summed E-state index contributed by atoms with van der Waals surface area (Å²) in [6.07, 6.45) is -5.35. The van der Waals surface area contributed by atoms with Crippen molar-refractivity contribution >= 4 is 17.8 Å². The van der Waals surface area contributed by atoms with E-state index in [4.69, 9.17) is 9.47 Å². The maximum absolute atomic E-state index is 15.1. The third-order valence-corrected chi connectivity index (χ3v) is 12.2. The fraction of sp³-hybridized carbons (Fsp3) is 0.535. The van der Waals surface area contributed by atoms with E-state index >= 15 is 4.79 Å². The number of nitrogens with zero attached hydrogens (tertiary/aromatic N) is 3. The first-order valence-electron chi connectivity index (χ1n) is 20.0. The number of amides is 2. The summed E-state index contributed by atoms with van der Waals surface area (Å²) in [4.78, 5) is 47.2. The smallest absolute Gasteiger partial charge is 0.434 e. The number of aliphatic hydroxyl groups is 1. The van der Waals surface area contributed by atoms with Gasteiger partial charge in [0.15, 0.2) is 5.69 Å². The van der Waals surface area contributed by atoms with Gasteiger partial charge in [0.05, 0.1) is 34.3 Å². The number of aliphatic carboxylic acids is 1. The molecule has 3 heterocycles. The molecule has 6 rings (SSSR count). The van der Waals surface area contributed by atoms with Crippen LogP contribution >= 0.6 is 0 Å². The van der Waals surface area contributed by atoms with Gasteiger partial charge in [-0.25, -0.2) is 0 Å². The van der Waals surface area contributed by atoms with Gasteiger partial charge in [0, 0.05) is 37.8 Å². The Hall–Kier alpha value is -4.86. The first-order valence-corrected chi connectivity index (χ1v) is 20.0. The molecule has 2 aliphatic heterocycles. The van der Waals surface area contributed by atoms with Crippen LogP contribution in [-0.4, -0.2) is 80.2 Å². The van der Waals surface area contributed by atoms with E-state index in [9.17, 15) is 46.1 Å². The summed E-state index contributed by atoms with van der Waals surface area (Å²) in [5.74, 6) is -2.11. The first-order chi connectivity index (χ1) is 27.8. The monoisotopic (exact) mass is 833 g/mol. The number of para-hydroxylation sites is 1. The van der Waals surface area contributed by atoms with Crippen molar-refractivity contribution in [2.75, 3.05) is 19.6 Å². The molecule has 0 radical (unpaired) electrons. The lowest BCUT2D eigenvalue weighted by atomic mass is 9.66. The van der Waals surface area contributed by atoms with E-state index in [1.165, 1.54) is 15.9 Å². The summed E-state index contributed by atoms with van der Waals surface area (Å²) in [5.41, 5.74) is -6.69. The second-order valence-electron chi connectivity index (χ2n) is 16.0. The number of carboxylic acids is 1. The minimum atomic E-state index is -4.96. The normalized spacial score (nSPS) is 22.2. The number of carbonyl (C=O) groups excluding carboxylic acids is 2. The van der Waals surface area contributed by atoms with Crippen LogP contribution in [-0.2, 0) is 27.5 Å². The van der Waals surface area contributed by atoms with Gasteiger partial charge in [-0.1, -0.05) is 38.0 Å². The quantitative estimate of drug-likeness (QED) is 0.164. The fourth-order valence-electron chi connectivity index (χ4n) is 8.78. The van der Waals surface area contributed by atoms with E-state index in [1.807, 2.05) is 6.92 Å². The van der Waals surface area contributed by atoms with Crippen LogP contribution in [0.4, 0.5) is 26.3 Å². The summed E-state index contributed by atoms with van der Waals surface area (Å²) in [6.45, 7) is 3.58. The summed E-state index contributed by atoms with van der Waals surface area (Å²) < 4.78 is 95.6.